The van der Waals surface area contributed by atoms with Gasteiger partial charge in [-0.2, -0.15) is 5.10 Å². The van der Waals surface area contributed by atoms with Crippen LogP contribution in [0.15, 0.2) is 11.2 Å². The number of nitrogens with zero attached hydrogens (tertiary/aromatic N) is 1. The van der Waals surface area contributed by atoms with E-state index in [2.05, 4.69) is 20.2 Å². The van der Waals surface area contributed by atoms with E-state index >= 15 is 0 Å². The van der Waals surface area contributed by atoms with Gasteiger partial charge in [0.1, 0.15) is 0 Å². The monoisotopic (exact) mass is 316 g/mol. The Labute approximate surface area is 125 Å². The second-order valence-electron chi connectivity index (χ2n) is 5.96. The smallest absolute Gasteiger partial charge is 0.258 e. The van der Waals surface area contributed by atoms with Crippen LogP contribution in [-0.2, 0) is 21.3 Å². The van der Waals surface area contributed by atoms with Crippen molar-refractivity contribution in [1.82, 2.24) is 20.2 Å². The summed E-state index contributed by atoms with van der Waals surface area (Å²) in [6.07, 6.45) is 2.30. The summed E-state index contributed by atoms with van der Waals surface area (Å²) in [5.41, 5.74) is 0.425. The summed E-state index contributed by atoms with van der Waals surface area (Å²) in [6, 6.07) is -0.136. The highest BCUT2D eigenvalue weighted by Gasteiger charge is 2.50. The average Bonchev–Trinajstić information content (AvgIpc) is 2.90. The molecule has 0 radical (unpaired) electrons. The number of hydrogen-bond acceptors (Lipinski definition) is 5. The van der Waals surface area contributed by atoms with Gasteiger partial charge >= 0.3 is 0 Å². The van der Waals surface area contributed by atoms with Gasteiger partial charge in [0.15, 0.2) is 5.03 Å². The van der Waals surface area contributed by atoms with Crippen LogP contribution in [0.4, 0.5) is 0 Å². The number of methoxy groups -OCH3 is 1. The number of hydrogen-bond donors (Lipinski definition) is 3. The van der Waals surface area contributed by atoms with Gasteiger partial charge in [-0.15, -0.1) is 0 Å². The van der Waals surface area contributed by atoms with Crippen molar-refractivity contribution < 1.29 is 13.2 Å². The molecule has 8 heteroatoms. The van der Waals surface area contributed by atoms with E-state index in [0.717, 1.165) is 6.54 Å². The lowest BCUT2D eigenvalue weighted by Crippen LogP contribution is -2.61. The maximum absolute atomic E-state index is 12.5. The summed E-state index contributed by atoms with van der Waals surface area (Å²) in [4.78, 5) is 0. The zero-order valence-electron chi connectivity index (χ0n) is 12.9. The van der Waals surface area contributed by atoms with Crippen LogP contribution in [0, 0.1) is 5.41 Å². The van der Waals surface area contributed by atoms with Gasteiger partial charge in [-0.05, 0) is 13.0 Å². The molecular weight excluding hydrogens is 292 g/mol. The second-order valence-corrected chi connectivity index (χ2v) is 7.61. The van der Waals surface area contributed by atoms with Crippen molar-refractivity contribution in [3.8, 4) is 0 Å². The van der Waals surface area contributed by atoms with Crippen LogP contribution in [0.25, 0.3) is 0 Å². The number of sulfonamides is 1. The Bertz CT molecular complexity index is 582. The molecule has 2 unspecified atom stereocenters. The molecule has 0 amide bonds. The molecule has 0 aromatic carbocycles. The molecule has 1 saturated carbocycles. The molecule has 7 nitrogen and oxygen atoms in total. The maximum Gasteiger partial charge on any atom is 0.258 e. The normalized spacial score (nSPS) is 24.8. The average molecular weight is 316 g/mol. The first-order valence-corrected chi connectivity index (χ1v) is 8.59. The van der Waals surface area contributed by atoms with Gasteiger partial charge in [-0.3, -0.25) is 5.10 Å². The van der Waals surface area contributed by atoms with Crippen LogP contribution < -0.4 is 10.0 Å². The Kier molecular flexibility index (Phi) is 4.72. The summed E-state index contributed by atoms with van der Waals surface area (Å²) < 4.78 is 33.1. The fourth-order valence-corrected chi connectivity index (χ4v) is 4.18. The Morgan fingerprint density at radius 1 is 1.52 bits per heavy atom. The van der Waals surface area contributed by atoms with E-state index in [9.17, 15) is 8.42 Å². The van der Waals surface area contributed by atoms with Crippen molar-refractivity contribution in [3.63, 3.8) is 0 Å². The topological polar surface area (TPSA) is 96.1 Å². The molecule has 0 spiro atoms. The van der Waals surface area contributed by atoms with Crippen molar-refractivity contribution in [1.29, 1.82) is 0 Å². The van der Waals surface area contributed by atoms with E-state index in [1.165, 1.54) is 0 Å². The van der Waals surface area contributed by atoms with Crippen molar-refractivity contribution in [3.05, 3.63) is 11.8 Å². The molecule has 3 N–H and O–H groups in total. The van der Waals surface area contributed by atoms with Crippen LogP contribution in [0.1, 0.15) is 32.8 Å². The van der Waals surface area contributed by atoms with Crippen LogP contribution >= 0.6 is 0 Å². The molecule has 0 saturated heterocycles. The molecule has 1 fully saturated rings. The number of aromatic amines is 1. The van der Waals surface area contributed by atoms with Crippen molar-refractivity contribution in [2.75, 3.05) is 13.7 Å². The van der Waals surface area contributed by atoms with Crippen LogP contribution in [0.5, 0.6) is 0 Å². The fraction of sp³-hybridized carbons (Fsp3) is 0.769. The zero-order chi connectivity index (χ0) is 15.7. The van der Waals surface area contributed by atoms with Gasteiger partial charge in [0.25, 0.3) is 10.0 Å². The predicted molar refractivity (Wildman–Crippen MR) is 79.3 cm³/mol. The van der Waals surface area contributed by atoms with Crippen molar-refractivity contribution in [2.24, 2.45) is 5.41 Å². The summed E-state index contributed by atoms with van der Waals surface area (Å²) >= 11 is 0. The fourth-order valence-electron chi connectivity index (χ4n) is 2.65. The van der Waals surface area contributed by atoms with E-state index in [-0.39, 0.29) is 22.6 Å². The quantitative estimate of drug-likeness (QED) is 0.685. The predicted octanol–water partition coefficient (Wildman–Crippen LogP) is 0.611. The summed E-state index contributed by atoms with van der Waals surface area (Å²) in [5, 5.41) is 9.68. The first-order chi connectivity index (χ1) is 9.82. The highest BCUT2D eigenvalue weighted by atomic mass is 32.2. The van der Waals surface area contributed by atoms with Gasteiger partial charge in [0.2, 0.25) is 0 Å². The van der Waals surface area contributed by atoms with Gasteiger partial charge in [0, 0.05) is 30.7 Å². The molecule has 2 rings (SSSR count). The SMILES string of the molecule is CCNCc1cn[nH]c1S(=O)(=O)NC1CC(OC)C1(C)C. The molecule has 1 aliphatic carbocycles. The largest absolute Gasteiger partial charge is 0.381 e. The van der Waals surface area contributed by atoms with Crippen LogP contribution in [0.3, 0.4) is 0 Å². The minimum absolute atomic E-state index is 0.0770. The first-order valence-electron chi connectivity index (χ1n) is 7.11. The minimum Gasteiger partial charge on any atom is -0.381 e. The minimum atomic E-state index is -3.60. The number of rotatable bonds is 7. The van der Waals surface area contributed by atoms with E-state index in [0.29, 0.717) is 18.5 Å². The highest BCUT2D eigenvalue weighted by Crippen LogP contribution is 2.43. The lowest BCUT2D eigenvalue weighted by atomic mass is 9.65. The van der Waals surface area contributed by atoms with Gasteiger partial charge in [-0.1, -0.05) is 20.8 Å². The number of nitrogens with one attached hydrogen (secondary N) is 3. The molecule has 0 bridgehead atoms. The lowest BCUT2D eigenvalue weighted by molar-refractivity contribution is -0.0908. The van der Waals surface area contributed by atoms with E-state index in [1.54, 1.807) is 13.3 Å². The Morgan fingerprint density at radius 3 is 2.81 bits per heavy atom. The van der Waals surface area contributed by atoms with Gasteiger partial charge in [-0.25, -0.2) is 13.1 Å². The Hall–Kier alpha value is -0.960. The Balaban J connectivity index is 2.11. The molecular formula is C13H24N4O3S. The number of ether oxygens (including phenoxy) is 1. The molecule has 1 aromatic heterocycles. The van der Waals surface area contributed by atoms with E-state index in [4.69, 9.17) is 4.74 Å². The summed E-state index contributed by atoms with van der Waals surface area (Å²) in [7, 11) is -1.95. The molecule has 1 aliphatic rings. The van der Waals surface area contributed by atoms with E-state index in [1.807, 2.05) is 20.8 Å². The van der Waals surface area contributed by atoms with Gasteiger partial charge in [0.05, 0.1) is 12.3 Å². The van der Waals surface area contributed by atoms with E-state index < -0.39 is 10.0 Å². The molecule has 2 atom stereocenters. The number of aromatic nitrogens is 2. The van der Waals surface area contributed by atoms with Crippen molar-refractivity contribution in [2.45, 2.75) is 50.9 Å². The van der Waals surface area contributed by atoms with Crippen molar-refractivity contribution >= 4 is 10.0 Å². The highest BCUT2D eigenvalue weighted by molar-refractivity contribution is 7.89. The third kappa shape index (κ3) is 3.13. The molecule has 120 valence electrons. The maximum atomic E-state index is 12.5. The third-order valence-electron chi connectivity index (χ3n) is 4.27. The van der Waals surface area contributed by atoms with Gasteiger partial charge < -0.3 is 10.1 Å². The van der Waals surface area contributed by atoms with Crippen LogP contribution in [0.2, 0.25) is 0 Å². The lowest BCUT2D eigenvalue weighted by Gasteiger charge is -2.50. The summed E-state index contributed by atoms with van der Waals surface area (Å²) in [6.45, 7) is 7.21. The molecule has 0 aliphatic heterocycles. The molecule has 21 heavy (non-hydrogen) atoms. The molecule has 1 aromatic rings. The summed E-state index contributed by atoms with van der Waals surface area (Å²) in [5.74, 6) is 0. The van der Waals surface area contributed by atoms with Crippen LogP contribution in [-0.4, -0.2) is 44.4 Å². The number of H-pyrrole nitrogens is 1. The first kappa shape index (κ1) is 16.4. The standard InChI is InChI=1S/C13H24N4O3S/c1-5-14-7-9-8-15-16-12(9)21(18,19)17-10-6-11(20-4)13(10,2)3/h8,10-11,14,17H,5-7H2,1-4H3,(H,15,16). The zero-order valence-corrected chi connectivity index (χ0v) is 13.8. The second kappa shape index (κ2) is 6.04. The molecule has 1 heterocycles. The third-order valence-corrected chi connectivity index (χ3v) is 5.76. The Morgan fingerprint density at radius 2 is 2.24 bits per heavy atom.